The number of ether oxygens (including phenoxy) is 1. The Labute approximate surface area is 146 Å². The normalized spacial score (nSPS) is 10.4. The number of benzene rings is 1. The quantitative estimate of drug-likeness (QED) is 0.752. The molecule has 1 amide bonds. The van der Waals surface area contributed by atoms with E-state index in [-0.39, 0.29) is 11.6 Å². The summed E-state index contributed by atoms with van der Waals surface area (Å²) in [5.74, 6) is 0.451. The lowest BCUT2D eigenvalue weighted by Crippen LogP contribution is -2.15. The van der Waals surface area contributed by atoms with E-state index in [2.05, 4.69) is 39.2 Å². The molecule has 1 aromatic heterocycles. The number of carbonyl (C=O) groups is 2. The van der Waals surface area contributed by atoms with Gasteiger partial charge in [0.2, 0.25) is 0 Å². The van der Waals surface area contributed by atoms with Gasteiger partial charge in [0.15, 0.2) is 0 Å². The van der Waals surface area contributed by atoms with Gasteiger partial charge in [0.05, 0.1) is 25.1 Å². The van der Waals surface area contributed by atoms with Crippen molar-refractivity contribution in [3.05, 3.63) is 47.9 Å². The van der Waals surface area contributed by atoms with Gasteiger partial charge in [-0.25, -0.2) is 14.8 Å². The fraction of sp³-hybridized carbons (Fsp3) is 0.333. The van der Waals surface area contributed by atoms with Crippen molar-refractivity contribution in [3.63, 3.8) is 0 Å². The van der Waals surface area contributed by atoms with Crippen molar-refractivity contribution in [2.24, 2.45) is 5.92 Å². The number of esters is 1. The summed E-state index contributed by atoms with van der Waals surface area (Å²) in [6, 6.07) is 6.41. The van der Waals surface area contributed by atoms with Crippen LogP contribution in [0.15, 0.2) is 36.7 Å². The molecule has 0 aliphatic carbocycles. The van der Waals surface area contributed by atoms with Crippen LogP contribution in [-0.4, -0.2) is 35.5 Å². The zero-order valence-electron chi connectivity index (χ0n) is 14.6. The van der Waals surface area contributed by atoms with Crippen LogP contribution in [-0.2, 0) is 4.74 Å². The molecule has 1 aromatic carbocycles. The number of nitrogens with one attached hydrogen (secondary N) is 2. The van der Waals surface area contributed by atoms with Gasteiger partial charge in [-0.1, -0.05) is 13.8 Å². The third-order valence-corrected chi connectivity index (χ3v) is 3.48. The van der Waals surface area contributed by atoms with E-state index >= 15 is 0 Å². The van der Waals surface area contributed by atoms with Gasteiger partial charge < -0.3 is 15.4 Å². The van der Waals surface area contributed by atoms with E-state index in [9.17, 15) is 9.59 Å². The lowest BCUT2D eigenvalue weighted by atomic mass is 10.1. The van der Waals surface area contributed by atoms with E-state index in [1.165, 1.54) is 19.5 Å². The van der Waals surface area contributed by atoms with Crippen LogP contribution in [0.1, 0.15) is 41.1 Å². The zero-order chi connectivity index (χ0) is 18.2. The first-order chi connectivity index (χ1) is 12.0. The molecule has 0 saturated heterocycles. The predicted molar refractivity (Wildman–Crippen MR) is 95.7 cm³/mol. The van der Waals surface area contributed by atoms with Gasteiger partial charge >= 0.3 is 5.97 Å². The fourth-order valence-electron chi connectivity index (χ4n) is 2.03. The first-order valence-electron chi connectivity index (χ1n) is 8.05. The van der Waals surface area contributed by atoms with Crippen molar-refractivity contribution < 1.29 is 14.3 Å². The summed E-state index contributed by atoms with van der Waals surface area (Å²) in [6.07, 6.45) is 4.00. The summed E-state index contributed by atoms with van der Waals surface area (Å²) in [5, 5.41) is 5.87. The molecule has 0 radical (unpaired) electrons. The van der Waals surface area contributed by atoms with Crippen LogP contribution in [0, 0.1) is 5.92 Å². The third-order valence-electron chi connectivity index (χ3n) is 3.48. The van der Waals surface area contributed by atoms with E-state index < -0.39 is 5.97 Å². The van der Waals surface area contributed by atoms with Crippen LogP contribution in [0.5, 0.6) is 0 Å². The van der Waals surface area contributed by atoms with Crippen LogP contribution in [0.25, 0.3) is 0 Å². The molecule has 0 fully saturated rings. The molecule has 25 heavy (non-hydrogen) atoms. The summed E-state index contributed by atoms with van der Waals surface area (Å²) in [6.45, 7) is 5.11. The number of hydrogen-bond acceptors (Lipinski definition) is 6. The van der Waals surface area contributed by atoms with Gasteiger partial charge in [-0.3, -0.25) is 4.79 Å². The molecule has 2 aromatic rings. The topological polar surface area (TPSA) is 93.2 Å². The number of hydrogen-bond donors (Lipinski definition) is 2. The molecule has 132 valence electrons. The van der Waals surface area contributed by atoms with E-state index in [4.69, 9.17) is 0 Å². The van der Waals surface area contributed by atoms with Crippen molar-refractivity contribution in [1.82, 2.24) is 9.97 Å². The molecule has 0 saturated carbocycles. The Bertz CT molecular complexity index is 712. The van der Waals surface area contributed by atoms with Crippen LogP contribution >= 0.6 is 0 Å². The number of anilines is 2. The van der Waals surface area contributed by atoms with Gasteiger partial charge in [0.25, 0.3) is 5.91 Å². The molecule has 0 spiro atoms. The second kappa shape index (κ2) is 8.77. The van der Waals surface area contributed by atoms with E-state index in [1.807, 2.05) is 0 Å². The maximum atomic E-state index is 12.2. The molecule has 0 atom stereocenters. The fourth-order valence-corrected chi connectivity index (χ4v) is 2.03. The number of aromatic nitrogens is 2. The molecule has 2 N–H and O–H groups in total. The largest absolute Gasteiger partial charge is 0.465 e. The average Bonchev–Trinajstić information content (AvgIpc) is 2.62. The molecule has 7 nitrogen and oxygen atoms in total. The summed E-state index contributed by atoms with van der Waals surface area (Å²) in [7, 11) is 1.32. The summed E-state index contributed by atoms with van der Waals surface area (Å²) in [4.78, 5) is 31.9. The van der Waals surface area contributed by atoms with Crippen LogP contribution < -0.4 is 10.6 Å². The van der Waals surface area contributed by atoms with Gasteiger partial charge in [0, 0.05) is 12.2 Å². The Hall–Kier alpha value is -2.96. The second-order valence-corrected chi connectivity index (χ2v) is 5.92. The molecule has 0 aliphatic rings. The van der Waals surface area contributed by atoms with E-state index in [0.29, 0.717) is 23.0 Å². The predicted octanol–water partition coefficient (Wildman–Crippen LogP) is 2.97. The van der Waals surface area contributed by atoms with Crippen LogP contribution in [0.4, 0.5) is 11.5 Å². The lowest BCUT2D eigenvalue weighted by Gasteiger charge is -2.08. The highest BCUT2D eigenvalue weighted by atomic mass is 16.5. The van der Waals surface area contributed by atoms with Crippen LogP contribution in [0.3, 0.4) is 0 Å². The highest BCUT2D eigenvalue weighted by Gasteiger charge is 2.10. The molecular formula is C18H22N4O3. The van der Waals surface area contributed by atoms with Crippen molar-refractivity contribution >= 4 is 23.4 Å². The monoisotopic (exact) mass is 342 g/mol. The van der Waals surface area contributed by atoms with E-state index in [0.717, 1.165) is 13.0 Å². The lowest BCUT2D eigenvalue weighted by molar-refractivity contribution is 0.0600. The maximum Gasteiger partial charge on any atom is 0.337 e. The Morgan fingerprint density at radius 2 is 1.84 bits per heavy atom. The van der Waals surface area contributed by atoms with Crippen molar-refractivity contribution in [2.45, 2.75) is 20.3 Å². The van der Waals surface area contributed by atoms with Gasteiger partial charge in [-0.05, 0) is 36.6 Å². The average molecular weight is 342 g/mol. The highest BCUT2D eigenvalue weighted by molar-refractivity contribution is 6.03. The summed E-state index contributed by atoms with van der Waals surface area (Å²) in [5.41, 5.74) is 1.18. The molecule has 0 aliphatic heterocycles. The number of carbonyl (C=O) groups excluding carboxylic acids is 2. The number of amides is 1. The molecule has 7 heteroatoms. The smallest absolute Gasteiger partial charge is 0.337 e. The first-order valence-corrected chi connectivity index (χ1v) is 8.05. The molecule has 0 bridgehead atoms. The molecular weight excluding hydrogens is 320 g/mol. The van der Waals surface area contributed by atoms with Crippen LogP contribution in [0.2, 0.25) is 0 Å². The third kappa shape index (κ3) is 5.56. The highest BCUT2D eigenvalue weighted by Crippen LogP contribution is 2.12. The maximum absolute atomic E-state index is 12.2. The van der Waals surface area contributed by atoms with Crippen molar-refractivity contribution in [3.8, 4) is 0 Å². The first kappa shape index (κ1) is 18.4. The molecule has 2 rings (SSSR count). The Kier molecular flexibility index (Phi) is 6.45. The Balaban J connectivity index is 1.93. The van der Waals surface area contributed by atoms with Crippen molar-refractivity contribution in [2.75, 3.05) is 24.3 Å². The number of rotatable bonds is 7. The molecule has 1 heterocycles. The molecule has 0 unspecified atom stereocenters. The van der Waals surface area contributed by atoms with Gasteiger partial charge in [-0.2, -0.15) is 0 Å². The standard InChI is InChI=1S/C18H22N4O3/c1-12(2)8-9-19-16-11-20-15(10-21-16)17(23)22-14-6-4-13(5-7-14)18(24)25-3/h4-7,10-12H,8-9H2,1-3H3,(H,19,21)(H,22,23). The zero-order valence-corrected chi connectivity index (χ0v) is 14.6. The van der Waals surface area contributed by atoms with Crippen molar-refractivity contribution in [1.29, 1.82) is 0 Å². The minimum absolute atomic E-state index is 0.214. The van der Waals surface area contributed by atoms with Gasteiger partial charge in [0.1, 0.15) is 11.5 Å². The summed E-state index contributed by atoms with van der Waals surface area (Å²) >= 11 is 0. The van der Waals surface area contributed by atoms with E-state index in [1.54, 1.807) is 24.3 Å². The second-order valence-electron chi connectivity index (χ2n) is 5.92. The SMILES string of the molecule is COC(=O)c1ccc(NC(=O)c2cnc(NCCC(C)C)cn2)cc1. The van der Waals surface area contributed by atoms with Gasteiger partial charge in [-0.15, -0.1) is 0 Å². The number of nitrogens with zero attached hydrogens (tertiary/aromatic N) is 2. The Morgan fingerprint density at radius 1 is 1.12 bits per heavy atom. The summed E-state index contributed by atoms with van der Waals surface area (Å²) < 4.78 is 4.63. The number of methoxy groups -OCH3 is 1. The minimum Gasteiger partial charge on any atom is -0.465 e. The Morgan fingerprint density at radius 3 is 2.40 bits per heavy atom. The minimum atomic E-state index is -0.427.